The third kappa shape index (κ3) is 1.77. The predicted molar refractivity (Wildman–Crippen MR) is 64.0 cm³/mol. The Morgan fingerprint density at radius 1 is 1.56 bits per heavy atom. The lowest BCUT2D eigenvalue weighted by Crippen LogP contribution is -2.19. The molecule has 0 spiro atoms. The monoisotopic (exact) mass is 215 g/mol. The molecule has 0 fully saturated rings. The van der Waals surface area contributed by atoms with Crippen molar-refractivity contribution in [2.24, 2.45) is 0 Å². The van der Waals surface area contributed by atoms with Crippen molar-refractivity contribution in [1.82, 2.24) is 10.2 Å². The van der Waals surface area contributed by atoms with E-state index in [1.165, 1.54) is 0 Å². The molecule has 1 aromatic heterocycles. The van der Waals surface area contributed by atoms with Gasteiger partial charge in [0.05, 0.1) is 35.6 Å². The molecular weight excluding hydrogens is 202 g/mol. The minimum absolute atomic E-state index is 0.483. The van der Waals surface area contributed by atoms with Gasteiger partial charge in [-0.2, -0.15) is 10.4 Å². The summed E-state index contributed by atoms with van der Waals surface area (Å²) in [5.41, 5.74) is 8.53. The number of nitrogens with zero attached hydrogens (tertiary/aromatic N) is 3. The molecule has 0 saturated heterocycles. The molecule has 0 unspecified atom stereocenters. The third-order valence-electron chi connectivity index (χ3n) is 2.56. The summed E-state index contributed by atoms with van der Waals surface area (Å²) in [6.07, 6.45) is 2.22. The van der Waals surface area contributed by atoms with Crippen LogP contribution in [0.2, 0.25) is 0 Å². The first kappa shape index (κ1) is 10.3. The van der Waals surface area contributed by atoms with Crippen LogP contribution in [0.15, 0.2) is 18.3 Å². The number of nitrogens with two attached hydrogens (primary N) is 1. The lowest BCUT2D eigenvalue weighted by molar-refractivity contribution is 0.907. The van der Waals surface area contributed by atoms with Crippen LogP contribution in [0, 0.1) is 11.3 Å². The number of hydrogen-bond acceptors (Lipinski definition) is 4. The smallest absolute Gasteiger partial charge is 0.0672 e. The minimum Gasteiger partial charge on any atom is -0.397 e. The quantitative estimate of drug-likeness (QED) is 0.760. The normalized spacial score (nSPS) is 10.2. The van der Waals surface area contributed by atoms with Crippen LogP contribution in [-0.4, -0.2) is 23.8 Å². The van der Waals surface area contributed by atoms with E-state index in [0.717, 1.165) is 16.6 Å². The molecule has 0 aliphatic heterocycles. The molecule has 0 aliphatic rings. The van der Waals surface area contributed by atoms with E-state index in [9.17, 15) is 0 Å². The zero-order valence-electron chi connectivity index (χ0n) is 9.07. The molecule has 0 saturated carbocycles. The first-order valence-electron chi connectivity index (χ1n) is 5.03. The van der Waals surface area contributed by atoms with Crippen LogP contribution >= 0.6 is 0 Å². The lowest BCUT2D eigenvalue weighted by atomic mass is 10.2. The van der Waals surface area contributed by atoms with Gasteiger partial charge in [-0.25, -0.2) is 0 Å². The molecule has 0 amide bonds. The van der Waals surface area contributed by atoms with Gasteiger partial charge in [-0.3, -0.25) is 5.10 Å². The number of fused-ring (bicyclic) bond motifs is 1. The number of nitrogens with one attached hydrogen (secondary N) is 1. The molecule has 0 aliphatic carbocycles. The minimum atomic E-state index is 0.483. The van der Waals surface area contributed by atoms with E-state index in [0.29, 0.717) is 18.7 Å². The summed E-state index contributed by atoms with van der Waals surface area (Å²) in [6, 6.07) is 5.96. The van der Waals surface area contributed by atoms with E-state index in [-0.39, 0.29) is 0 Å². The maximum Gasteiger partial charge on any atom is 0.0672 e. The van der Waals surface area contributed by atoms with Gasteiger partial charge < -0.3 is 10.6 Å². The summed E-state index contributed by atoms with van der Waals surface area (Å²) < 4.78 is 0. The predicted octanol–water partition coefficient (Wildman–Crippen LogP) is 1.49. The Balaban J connectivity index is 2.35. The number of hydrogen-bond donors (Lipinski definition) is 2. The summed E-state index contributed by atoms with van der Waals surface area (Å²) in [4.78, 5) is 1.97. The first-order chi connectivity index (χ1) is 7.72. The van der Waals surface area contributed by atoms with Crippen molar-refractivity contribution < 1.29 is 0 Å². The molecule has 5 nitrogen and oxygen atoms in total. The van der Waals surface area contributed by atoms with Gasteiger partial charge in [0.15, 0.2) is 0 Å². The molecule has 0 radical (unpaired) electrons. The molecule has 5 heteroatoms. The Morgan fingerprint density at radius 2 is 2.38 bits per heavy atom. The number of nitriles is 1. The lowest BCUT2D eigenvalue weighted by Gasteiger charge is -2.19. The fourth-order valence-electron chi connectivity index (χ4n) is 1.67. The van der Waals surface area contributed by atoms with Crippen LogP contribution in [-0.2, 0) is 0 Å². The Labute approximate surface area is 93.5 Å². The molecule has 1 aromatic carbocycles. The van der Waals surface area contributed by atoms with E-state index in [2.05, 4.69) is 16.3 Å². The second-order valence-electron chi connectivity index (χ2n) is 3.70. The van der Waals surface area contributed by atoms with Gasteiger partial charge in [0.2, 0.25) is 0 Å². The van der Waals surface area contributed by atoms with Crippen LogP contribution < -0.4 is 10.6 Å². The molecular formula is C11H13N5. The molecule has 0 bridgehead atoms. The van der Waals surface area contributed by atoms with Gasteiger partial charge in [0.1, 0.15) is 0 Å². The first-order valence-corrected chi connectivity index (χ1v) is 5.03. The maximum absolute atomic E-state index is 8.55. The average molecular weight is 215 g/mol. The van der Waals surface area contributed by atoms with E-state index in [1.807, 2.05) is 24.1 Å². The summed E-state index contributed by atoms with van der Waals surface area (Å²) in [5, 5.41) is 16.4. The van der Waals surface area contributed by atoms with Gasteiger partial charge in [-0.1, -0.05) is 0 Å². The number of H-pyrrole nitrogens is 1. The molecule has 2 rings (SSSR count). The van der Waals surface area contributed by atoms with Crippen LogP contribution in [0.4, 0.5) is 11.4 Å². The van der Waals surface area contributed by atoms with Crippen molar-refractivity contribution in [3.8, 4) is 6.07 Å². The Bertz CT molecular complexity index is 537. The Morgan fingerprint density at radius 3 is 3.12 bits per heavy atom. The Kier molecular flexibility index (Phi) is 2.64. The molecule has 0 atom stereocenters. The van der Waals surface area contributed by atoms with E-state index >= 15 is 0 Å². The molecule has 3 N–H and O–H groups in total. The van der Waals surface area contributed by atoms with Gasteiger partial charge in [-0.15, -0.1) is 0 Å². The van der Waals surface area contributed by atoms with E-state index in [1.54, 1.807) is 6.20 Å². The van der Waals surface area contributed by atoms with Crippen LogP contribution in [0.25, 0.3) is 10.9 Å². The number of nitrogen functional groups attached to an aromatic ring is 1. The zero-order chi connectivity index (χ0) is 11.5. The second-order valence-corrected chi connectivity index (χ2v) is 3.70. The highest BCUT2D eigenvalue weighted by Gasteiger charge is 2.07. The van der Waals surface area contributed by atoms with E-state index < -0.39 is 0 Å². The van der Waals surface area contributed by atoms with Gasteiger partial charge in [0.25, 0.3) is 0 Å². The largest absolute Gasteiger partial charge is 0.397 e. The number of aromatic nitrogens is 2. The Hall–Kier alpha value is -2.22. The fraction of sp³-hybridized carbons (Fsp3) is 0.273. The number of rotatable bonds is 3. The highest BCUT2D eigenvalue weighted by atomic mass is 15.1. The van der Waals surface area contributed by atoms with Crippen LogP contribution in [0.1, 0.15) is 6.42 Å². The SMILES string of the molecule is CN(CCC#N)c1cc2[nH]ncc2cc1N. The van der Waals surface area contributed by atoms with Crippen LogP contribution in [0.5, 0.6) is 0 Å². The molecule has 2 aromatic rings. The van der Waals surface area contributed by atoms with Crippen molar-refractivity contribution in [3.05, 3.63) is 18.3 Å². The summed E-state index contributed by atoms with van der Waals surface area (Å²) >= 11 is 0. The third-order valence-corrected chi connectivity index (χ3v) is 2.56. The molecule has 1 heterocycles. The standard InChI is InChI=1S/C11H13N5/c1-16(4-2-3-12)11-6-10-8(5-9(11)13)7-14-15-10/h5-7H,2,4,13H2,1H3,(H,14,15). The average Bonchev–Trinajstić information content (AvgIpc) is 2.71. The van der Waals surface area contributed by atoms with Crippen molar-refractivity contribution >= 4 is 22.3 Å². The number of anilines is 2. The summed E-state index contributed by atoms with van der Waals surface area (Å²) in [6.45, 7) is 0.667. The van der Waals surface area contributed by atoms with Gasteiger partial charge >= 0.3 is 0 Å². The second kappa shape index (κ2) is 4.11. The van der Waals surface area contributed by atoms with Crippen molar-refractivity contribution in [2.45, 2.75) is 6.42 Å². The molecule has 82 valence electrons. The highest BCUT2D eigenvalue weighted by molar-refractivity contribution is 5.88. The number of benzene rings is 1. The summed E-state index contributed by atoms with van der Waals surface area (Å²) in [5.74, 6) is 0. The van der Waals surface area contributed by atoms with Crippen LogP contribution in [0.3, 0.4) is 0 Å². The van der Waals surface area contributed by atoms with Crippen molar-refractivity contribution in [3.63, 3.8) is 0 Å². The highest BCUT2D eigenvalue weighted by Crippen LogP contribution is 2.27. The zero-order valence-corrected chi connectivity index (χ0v) is 9.07. The van der Waals surface area contributed by atoms with E-state index in [4.69, 9.17) is 11.0 Å². The van der Waals surface area contributed by atoms with Gasteiger partial charge in [-0.05, 0) is 12.1 Å². The van der Waals surface area contributed by atoms with Crippen molar-refractivity contribution in [2.75, 3.05) is 24.2 Å². The topological polar surface area (TPSA) is 81.7 Å². The van der Waals surface area contributed by atoms with Gasteiger partial charge in [0, 0.05) is 19.0 Å². The number of aromatic amines is 1. The maximum atomic E-state index is 8.55. The fourth-order valence-corrected chi connectivity index (χ4v) is 1.67. The molecule has 16 heavy (non-hydrogen) atoms. The summed E-state index contributed by atoms with van der Waals surface area (Å²) in [7, 11) is 1.92. The van der Waals surface area contributed by atoms with Crippen molar-refractivity contribution in [1.29, 1.82) is 5.26 Å².